The van der Waals surface area contributed by atoms with Crippen LogP contribution in [0.2, 0.25) is 0 Å². The van der Waals surface area contributed by atoms with Crippen molar-refractivity contribution in [3.63, 3.8) is 0 Å². The van der Waals surface area contributed by atoms with Crippen molar-refractivity contribution in [2.45, 2.75) is 18.7 Å². The molecule has 1 unspecified atom stereocenters. The van der Waals surface area contributed by atoms with Gasteiger partial charge in [0.05, 0.1) is 5.56 Å². The van der Waals surface area contributed by atoms with Crippen molar-refractivity contribution >= 4 is 17.7 Å². The number of urea groups is 1. The van der Waals surface area contributed by atoms with Crippen LogP contribution in [0.1, 0.15) is 12.0 Å². The van der Waals surface area contributed by atoms with E-state index >= 15 is 0 Å². The van der Waals surface area contributed by atoms with E-state index in [-0.39, 0.29) is 18.7 Å². The Labute approximate surface area is 117 Å². The van der Waals surface area contributed by atoms with Crippen LogP contribution in [0.4, 0.5) is 23.7 Å². The molecule has 1 aromatic rings. The molecule has 0 bridgehead atoms. The van der Waals surface area contributed by atoms with E-state index in [4.69, 9.17) is 10.2 Å². The molecule has 0 radical (unpaired) electrons. The second kappa shape index (κ2) is 6.93. The second-order valence-corrected chi connectivity index (χ2v) is 4.10. The number of carbonyl (C=O) groups is 2. The molecule has 0 aliphatic carbocycles. The lowest BCUT2D eigenvalue weighted by molar-refractivity contribution is -0.146. The number of aliphatic hydroxyl groups excluding tert-OH is 1. The zero-order chi connectivity index (χ0) is 16.0. The third-order valence-electron chi connectivity index (χ3n) is 2.44. The van der Waals surface area contributed by atoms with Gasteiger partial charge in [0.25, 0.3) is 0 Å². The van der Waals surface area contributed by atoms with Gasteiger partial charge >= 0.3 is 18.2 Å². The van der Waals surface area contributed by atoms with Crippen LogP contribution in [0.5, 0.6) is 0 Å². The summed E-state index contributed by atoms with van der Waals surface area (Å²) in [4.78, 5) is 21.7. The minimum Gasteiger partial charge on any atom is -0.479 e. The Kier molecular flexibility index (Phi) is 5.53. The van der Waals surface area contributed by atoms with Crippen molar-refractivity contribution in [3.05, 3.63) is 29.8 Å². The van der Waals surface area contributed by atoms with Crippen LogP contribution in [0.15, 0.2) is 24.3 Å². The highest BCUT2D eigenvalue weighted by molar-refractivity contribution is 5.89. The van der Waals surface area contributed by atoms with Crippen molar-refractivity contribution in [2.24, 2.45) is 0 Å². The van der Waals surface area contributed by atoms with E-state index < -0.39 is 29.8 Å². The number of carboxylic acid groups (broad SMARTS) is 1. The molecule has 21 heavy (non-hydrogen) atoms. The number of aliphatic hydroxyl groups is 1. The molecule has 0 saturated carbocycles. The fraction of sp³-hybridized carbons (Fsp3) is 0.333. The van der Waals surface area contributed by atoms with E-state index in [0.717, 1.165) is 18.2 Å². The summed E-state index contributed by atoms with van der Waals surface area (Å²) >= 11 is 0. The second-order valence-electron chi connectivity index (χ2n) is 4.10. The first kappa shape index (κ1) is 16.8. The molecule has 116 valence electrons. The van der Waals surface area contributed by atoms with Crippen LogP contribution in [0.25, 0.3) is 0 Å². The average Bonchev–Trinajstić information content (AvgIpc) is 2.37. The van der Waals surface area contributed by atoms with Gasteiger partial charge in [-0.3, -0.25) is 0 Å². The van der Waals surface area contributed by atoms with E-state index in [2.05, 4.69) is 10.6 Å². The predicted molar refractivity (Wildman–Crippen MR) is 66.7 cm³/mol. The van der Waals surface area contributed by atoms with Crippen molar-refractivity contribution in [1.82, 2.24) is 5.32 Å². The molecule has 1 rings (SSSR count). The van der Waals surface area contributed by atoms with Gasteiger partial charge in [0.15, 0.2) is 6.10 Å². The number of hydrogen-bond acceptors (Lipinski definition) is 3. The summed E-state index contributed by atoms with van der Waals surface area (Å²) in [5.41, 5.74) is -0.956. The van der Waals surface area contributed by atoms with Crippen molar-refractivity contribution in [1.29, 1.82) is 0 Å². The number of amides is 2. The predicted octanol–water partition coefficient (Wildman–Crippen LogP) is 1.66. The smallest absolute Gasteiger partial charge is 0.416 e. The topological polar surface area (TPSA) is 98.7 Å². The number of rotatable bonds is 5. The van der Waals surface area contributed by atoms with Crippen molar-refractivity contribution in [2.75, 3.05) is 11.9 Å². The van der Waals surface area contributed by atoms with Crippen LogP contribution in [0, 0.1) is 0 Å². The summed E-state index contributed by atoms with van der Waals surface area (Å²) in [6.45, 7) is -0.141. The average molecular weight is 306 g/mol. The molecule has 0 spiro atoms. The standard InChI is InChI=1S/C12H13F3N2O4/c13-12(14,15)7-2-1-3-8(6-7)17-11(21)16-5-4-9(18)10(19)20/h1-3,6,9,18H,4-5H2,(H,19,20)(H2,16,17,21). The maximum absolute atomic E-state index is 12.5. The molecule has 0 aromatic heterocycles. The molecular weight excluding hydrogens is 293 g/mol. The maximum Gasteiger partial charge on any atom is 0.416 e. The molecule has 0 heterocycles. The molecule has 1 atom stereocenters. The molecule has 0 aliphatic rings. The zero-order valence-corrected chi connectivity index (χ0v) is 10.6. The summed E-state index contributed by atoms with van der Waals surface area (Å²) in [7, 11) is 0. The number of carboxylic acids is 1. The summed E-state index contributed by atoms with van der Waals surface area (Å²) in [6, 6.07) is 3.26. The highest BCUT2D eigenvalue weighted by Crippen LogP contribution is 2.30. The van der Waals surface area contributed by atoms with Gasteiger partial charge in [-0.2, -0.15) is 13.2 Å². The monoisotopic (exact) mass is 306 g/mol. The quantitative estimate of drug-likeness (QED) is 0.665. The van der Waals surface area contributed by atoms with Crippen LogP contribution >= 0.6 is 0 Å². The van der Waals surface area contributed by atoms with Gasteiger partial charge in [0, 0.05) is 18.7 Å². The first-order valence-electron chi connectivity index (χ1n) is 5.83. The number of anilines is 1. The Morgan fingerprint density at radius 2 is 1.95 bits per heavy atom. The molecule has 0 aliphatic heterocycles. The van der Waals surface area contributed by atoms with Crippen LogP contribution < -0.4 is 10.6 Å². The minimum absolute atomic E-state index is 0.0545. The Bertz CT molecular complexity index is 519. The number of aliphatic carboxylic acids is 1. The number of halogens is 3. The molecule has 6 nitrogen and oxygen atoms in total. The van der Waals surface area contributed by atoms with Gasteiger partial charge in [0.2, 0.25) is 0 Å². The van der Waals surface area contributed by atoms with Crippen LogP contribution in [-0.2, 0) is 11.0 Å². The lowest BCUT2D eigenvalue weighted by Crippen LogP contribution is -2.33. The lowest BCUT2D eigenvalue weighted by atomic mass is 10.2. The molecule has 2 amide bonds. The van der Waals surface area contributed by atoms with Gasteiger partial charge in [0.1, 0.15) is 0 Å². The molecular formula is C12H13F3N2O4. The largest absolute Gasteiger partial charge is 0.479 e. The number of hydrogen-bond donors (Lipinski definition) is 4. The normalized spacial score (nSPS) is 12.6. The van der Waals surface area contributed by atoms with Gasteiger partial charge < -0.3 is 20.8 Å². The third-order valence-corrected chi connectivity index (χ3v) is 2.44. The highest BCUT2D eigenvalue weighted by atomic mass is 19.4. The van der Waals surface area contributed by atoms with Gasteiger partial charge in [-0.15, -0.1) is 0 Å². The van der Waals surface area contributed by atoms with E-state index in [0.29, 0.717) is 0 Å². The lowest BCUT2D eigenvalue weighted by Gasteiger charge is -2.11. The molecule has 1 aromatic carbocycles. The minimum atomic E-state index is -4.51. The molecule has 9 heteroatoms. The first-order chi connectivity index (χ1) is 9.70. The van der Waals surface area contributed by atoms with Gasteiger partial charge in [-0.1, -0.05) is 6.07 Å². The SMILES string of the molecule is O=C(NCCC(O)C(=O)O)Nc1cccc(C(F)(F)F)c1. The number of carbonyl (C=O) groups excluding carboxylic acids is 1. The summed E-state index contributed by atoms with van der Waals surface area (Å²) in [6.07, 6.45) is -6.34. The van der Waals surface area contributed by atoms with Crippen molar-refractivity contribution < 1.29 is 33.0 Å². The zero-order valence-electron chi connectivity index (χ0n) is 10.6. The van der Waals surface area contributed by atoms with E-state index in [1.807, 2.05) is 0 Å². The van der Waals surface area contributed by atoms with Gasteiger partial charge in [-0.05, 0) is 18.2 Å². The van der Waals surface area contributed by atoms with Crippen LogP contribution in [-0.4, -0.2) is 34.9 Å². The Morgan fingerprint density at radius 3 is 2.52 bits per heavy atom. The fourth-order valence-corrected chi connectivity index (χ4v) is 1.39. The Balaban J connectivity index is 2.50. The van der Waals surface area contributed by atoms with Crippen LogP contribution in [0.3, 0.4) is 0 Å². The van der Waals surface area contributed by atoms with E-state index in [1.165, 1.54) is 6.07 Å². The summed E-state index contributed by atoms with van der Waals surface area (Å²) in [5.74, 6) is -1.42. The highest BCUT2D eigenvalue weighted by Gasteiger charge is 2.30. The fourth-order valence-electron chi connectivity index (χ4n) is 1.39. The summed E-state index contributed by atoms with van der Waals surface area (Å²) in [5, 5.41) is 21.8. The Morgan fingerprint density at radius 1 is 1.29 bits per heavy atom. The first-order valence-corrected chi connectivity index (χ1v) is 5.83. The van der Waals surface area contributed by atoms with Crippen molar-refractivity contribution in [3.8, 4) is 0 Å². The summed E-state index contributed by atoms with van der Waals surface area (Å²) < 4.78 is 37.4. The van der Waals surface area contributed by atoms with E-state index in [9.17, 15) is 22.8 Å². The third kappa shape index (κ3) is 5.69. The number of alkyl halides is 3. The maximum atomic E-state index is 12.5. The van der Waals surface area contributed by atoms with E-state index in [1.54, 1.807) is 0 Å². The molecule has 0 fully saturated rings. The molecule has 4 N–H and O–H groups in total. The molecule has 0 saturated heterocycles. The van der Waals surface area contributed by atoms with Gasteiger partial charge in [-0.25, -0.2) is 9.59 Å². The Hall–Kier alpha value is -2.29. The number of nitrogens with one attached hydrogen (secondary N) is 2. The number of benzene rings is 1.